The van der Waals surface area contributed by atoms with Gasteiger partial charge in [0.25, 0.3) is 0 Å². The van der Waals surface area contributed by atoms with E-state index < -0.39 is 19.3 Å². The van der Waals surface area contributed by atoms with Gasteiger partial charge in [0.15, 0.2) is 6.10 Å². The van der Waals surface area contributed by atoms with Crippen molar-refractivity contribution >= 4 is 24.6 Å². The number of nitrogens with zero attached hydrogens (tertiary/aromatic N) is 1. The van der Waals surface area contributed by atoms with Gasteiger partial charge in [0.1, 0.15) is 6.07 Å². The van der Waals surface area contributed by atoms with Crippen LogP contribution in [0.2, 0.25) is 0 Å². The van der Waals surface area contributed by atoms with E-state index in [-0.39, 0.29) is 0 Å². The van der Waals surface area contributed by atoms with E-state index in [9.17, 15) is 9.36 Å². The van der Waals surface area contributed by atoms with Gasteiger partial charge in [-0.25, -0.2) is 0 Å². The fraction of sp³-hybridized carbons (Fsp3) is 0.818. The summed E-state index contributed by atoms with van der Waals surface area (Å²) in [7, 11) is -2.04. The molecule has 0 fully saturated rings. The normalized spacial score (nSPS) is 13.9. The van der Waals surface area contributed by atoms with Gasteiger partial charge >= 0.3 is 5.97 Å². The zero-order chi connectivity index (χ0) is 14.0. The van der Waals surface area contributed by atoms with Crippen LogP contribution in [0.15, 0.2) is 0 Å². The molecule has 2 unspecified atom stereocenters. The van der Waals surface area contributed by atoms with Crippen molar-refractivity contribution in [1.82, 2.24) is 0 Å². The highest BCUT2D eigenvalue weighted by Crippen LogP contribution is 2.39. The zero-order valence-corrected chi connectivity index (χ0v) is 12.8. The SMILES string of the molecule is CC(=O)OC(C#N)CCCS[PH](=O)OCC(C)C. The van der Waals surface area contributed by atoms with Gasteiger partial charge in [-0.2, -0.15) is 5.26 Å². The highest BCUT2D eigenvalue weighted by Gasteiger charge is 2.10. The highest BCUT2D eigenvalue weighted by molar-refractivity contribution is 8.50. The van der Waals surface area contributed by atoms with Crippen molar-refractivity contribution in [1.29, 1.82) is 5.26 Å². The van der Waals surface area contributed by atoms with Crippen LogP contribution in [0.3, 0.4) is 0 Å². The van der Waals surface area contributed by atoms with Crippen molar-refractivity contribution in [2.45, 2.75) is 39.7 Å². The molecule has 0 rings (SSSR count). The van der Waals surface area contributed by atoms with Gasteiger partial charge in [-0.05, 0) is 18.8 Å². The molecule has 0 radical (unpaired) electrons. The van der Waals surface area contributed by atoms with Crippen LogP contribution in [-0.4, -0.2) is 24.4 Å². The summed E-state index contributed by atoms with van der Waals surface area (Å²) in [5.41, 5.74) is 0. The first-order valence-electron chi connectivity index (χ1n) is 5.82. The van der Waals surface area contributed by atoms with Crippen LogP contribution in [0.4, 0.5) is 0 Å². The molecule has 0 bridgehead atoms. The maximum atomic E-state index is 11.4. The van der Waals surface area contributed by atoms with Gasteiger partial charge in [-0.1, -0.05) is 25.2 Å². The molecule has 0 aromatic carbocycles. The first-order chi connectivity index (χ1) is 8.45. The summed E-state index contributed by atoms with van der Waals surface area (Å²) in [5, 5.41) is 8.71. The predicted octanol–water partition coefficient (Wildman–Crippen LogP) is 3.02. The Labute approximate surface area is 113 Å². The molecule has 0 aliphatic heterocycles. The summed E-state index contributed by atoms with van der Waals surface area (Å²) >= 11 is 1.26. The maximum absolute atomic E-state index is 11.4. The monoisotopic (exact) mass is 293 g/mol. The molecule has 0 aliphatic rings. The molecule has 0 aromatic heterocycles. The second kappa shape index (κ2) is 10.4. The largest absolute Gasteiger partial charge is 0.447 e. The second-order valence-electron chi connectivity index (χ2n) is 4.17. The van der Waals surface area contributed by atoms with E-state index in [4.69, 9.17) is 14.5 Å². The number of esters is 1. The fourth-order valence-corrected chi connectivity index (χ4v) is 3.47. The minimum atomic E-state index is -2.04. The van der Waals surface area contributed by atoms with Gasteiger partial charge in [-0.15, -0.1) is 0 Å². The molecule has 0 aromatic rings. The number of hydrogen-bond acceptors (Lipinski definition) is 6. The Morgan fingerprint density at radius 2 is 2.17 bits per heavy atom. The first-order valence-corrected chi connectivity index (χ1v) is 8.84. The molecule has 0 spiro atoms. The lowest BCUT2D eigenvalue weighted by molar-refractivity contribution is -0.144. The van der Waals surface area contributed by atoms with E-state index >= 15 is 0 Å². The minimum Gasteiger partial charge on any atom is -0.447 e. The van der Waals surface area contributed by atoms with Crippen molar-refractivity contribution in [3.63, 3.8) is 0 Å². The van der Waals surface area contributed by atoms with Crippen molar-refractivity contribution in [2.24, 2.45) is 5.92 Å². The minimum absolute atomic E-state index is 0.367. The number of hydrogen-bond donors (Lipinski definition) is 0. The third kappa shape index (κ3) is 10.6. The summed E-state index contributed by atoms with van der Waals surface area (Å²) in [5.74, 6) is 0.546. The molecule has 2 atom stereocenters. The predicted molar refractivity (Wildman–Crippen MR) is 72.7 cm³/mol. The van der Waals surface area contributed by atoms with E-state index in [0.717, 1.165) is 0 Å². The molecular formula is C11H20NO4PS. The van der Waals surface area contributed by atoms with Crippen molar-refractivity contribution in [2.75, 3.05) is 12.4 Å². The van der Waals surface area contributed by atoms with E-state index in [1.165, 1.54) is 18.3 Å². The highest BCUT2D eigenvalue weighted by atomic mass is 32.7. The molecule has 0 N–H and O–H groups in total. The lowest BCUT2D eigenvalue weighted by Crippen LogP contribution is -2.14. The fourth-order valence-electron chi connectivity index (χ4n) is 1.05. The van der Waals surface area contributed by atoms with E-state index in [0.29, 0.717) is 31.1 Å². The topological polar surface area (TPSA) is 76.4 Å². The van der Waals surface area contributed by atoms with Crippen LogP contribution in [0.1, 0.15) is 33.6 Å². The first kappa shape index (κ1) is 17.5. The van der Waals surface area contributed by atoms with Crippen LogP contribution >= 0.6 is 18.6 Å². The number of carbonyl (C=O) groups excluding carboxylic acids is 1. The van der Waals surface area contributed by atoms with Crippen molar-refractivity contribution in [3.8, 4) is 6.07 Å². The quantitative estimate of drug-likeness (QED) is 0.369. The molecule has 18 heavy (non-hydrogen) atoms. The van der Waals surface area contributed by atoms with Gasteiger partial charge in [0, 0.05) is 12.7 Å². The van der Waals surface area contributed by atoms with Gasteiger partial charge in [0.05, 0.1) is 6.61 Å². The van der Waals surface area contributed by atoms with E-state index in [2.05, 4.69) is 0 Å². The molecule has 104 valence electrons. The zero-order valence-electron chi connectivity index (χ0n) is 11.0. The molecular weight excluding hydrogens is 273 g/mol. The van der Waals surface area contributed by atoms with Gasteiger partial charge in [-0.3, -0.25) is 9.36 Å². The van der Waals surface area contributed by atoms with E-state index in [1.54, 1.807) is 0 Å². The van der Waals surface area contributed by atoms with Crippen LogP contribution in [0.5, 0.6) is 0 Å². The average Bonchev–Trinajstić information content (AvgIpc) is 2.29. The lowest BCUT2D eigenvalue weighted by atomic mass is 10.2. The summed E-state index contributed by atoms with van der Waals surface area (Å²) < 4.78 is 21.4. The Kier molecular flexibility index (Phi) is 10.1. The Morgan fingerprint density at radius 3 is 2.67 bits per heavy atom. The summed E-state index contributed by atoms with van der Waals surface area (Å²) in [6.07, 6.45) is 0.419. The average molecular weight is 293 g/mol. The number of ether oxygens (including phenoxy) is 1. The number of nitriles is 1. The lowest BCUT2D eigenvalue weighted by Gasteiger charge is -2.09. The molecule has 5 nitrogen and oxygen atoms in total. The smallest absolute Gasteiger partial charge is 0.303 e. The third-order valence-corrected chi connectivity index (χ3v) is 4.62. The van der Waals surface area contributed by atoms with Crippen LogP contribution in [0.25, 0.3) is 0 Å². The molecule has 0 amide bonds. The standard InChI is InChI=1S/C11H20NO4PS/c1-9(2)8-15-17(14)18-6-4-5-11(7-12)16-10(3)13/h9,11,17H,4-6,8H2,1-3H3. The van der Waals surface area contributed by atoms with E-state index in [1.807, 2.05) is 19.9 Å². The van der Waals surface area contributed by atoms with Crippen LogP contribution in [-0.2, 0) is 18.6 Å². The number of rotatable bonds is 9. The van der Waals surface area contributed by atoms with Crippen molar-refractivity contribution in [3.05, 3.63) is 0 Å². The Bertz CT molecular complexity index is 317. The molecule has 0 saturated carbocycles. The van der Waals surface area contributed by atoms with Crippen molar-refractivity contribution < 1.29 is 18.6 Å². The van der Waals surface area contributed by atoms with Gasteiger partial charge < -0.3 is 9.26 Å². The Morgan fingerprint density at radius 1 is 1.50 bits per heavy atom. The third-order valence-electron chi connectivity index (χ3n) is 1.82. The summed E-state index contributed by atoms with van der Waals surface area (Å²) in [6, 6.07) is 1.91. The molecule has 0 saturated heterocycles. The molecule has 0 aliphatic carbocycles. The van der Waals surface area contributed by atoms with Gasteiger partial charge in [0.2, 0.25) is 7.23 Å². The Hall–Kier alpha value is -0.500. The maximum Gasteiger partial charge on any atom is 0.303 e. The van der Waals surface area contributed by atoms with Crippen LogP contribution in [0, 0.1) is 17.2 Å². The molecule has 0 heterocycles. The summed E-state index contributed by atoms with van der Waals surface area (Å²) in [6.45, 7) is 5.77. The Balaban J connectivity index is 3.63. The second-order valence-corrected chi connectivity index (χ2v) is 7.52. The number of carbonyl (C=O) groups is 1. The van der Waals surface area contributed by atoms with Crippen LogP contribution < -0.4 is 0 Å². The summed E-state index contributed by atoms with van der Waals surface area (Å²) in [4.78, 5) is 10.7. The molecule has 7 heteroatoms.